The number of carbonyl (C=O) groups is 1. The molecule has 1 atom stereocenters. The van der Waals surface area contributed by atoms with Crippen molar-refractivity contribution in [1.29, 1.82) is 0 Å². The third-order valence-corrected chi connectivity index (χ3v) is 4.98. The summed E-state index contributed by atoms with van der Waals surface area (Å²) >= 11 is 1.21. The summed E-state index contributed by atoms with van der Waals surface area (Å²) in [5.41, 5.74) is 1.52. The fourth-order valence-electron chi connectivity index (χ4n) is 1.19. The van der Waals surface area contributed by atoms with E-state index in [0.29, 0.717) is 4.88 Å². The SMILES string of the molecule is CCC(C(=O)O)S(=O)(=O)Cc1cncs1. The van der Waals surface area contributed by atoms with E-state index in [1.54, 1.807) is 6.92 Å². The van der Waals surface area contributed by atoms with Gasteiger partial charge in [-0.3, -0.25) is 9.78 Å². The van der Waals surface area contributed by atoms with Gasteiger partial charge in [-0.2, -0.15) is 0 Å². The fraction of sp³-hybridized carbons (Fsp3) is 0.500. The van der Waals surface area contributed by atoms with Crippen LogP contribution >= 0.6 is 11.3 Å². The third-order valence-electron chi connectivity index (χ3n) is 1.91. The lowest BCUT2D eigenvalue weighted by Gasteiger charge is -2.09. The maximum Gasteiger partial charge on any atom is 0.321 e. The van der Waals surface area contributed by atoms with E-state index in [4.69, 9.17) is 5.11 Å². The first kappa shape index (κ1) is 12.1. The molecule has 1 unspecified atom stereocenters. The Morgan fingerprint density at radius 2 is 2.33 bits per heavy atom. The Bertz CT molecular complexity index is 424. The van der Waals surface area contributed by atoms with Crippen molar-refractivity contribution < 1.29 is 18.3 Å². The van der Waals surface area contributed by atoms with Crippen molar-refractivity contribution in [3.63, 3.8) is 0 Å². The molecule has 1 rings (SSSR count). The van der Waals surface area contributed by atoms with Crippen LogP contribution in [0.5, 0.6) is 0 Å². The number of sulfone groups is 1. The maximum absolute atomic E-state index is 11.7. The molecule has 0 bridgehead atoms. The number of carboxylic acids is 1. The van der Waals surface area contributed by atoms with Crippen LogP contribution < -0.4 is 0 Å². The lowest BCUT2D eigenvalue weighted by atomic mass is 10.3. The number of aliphatic carboxylic acids is 1. The first-order valence-electron chi connectivity index (χ1n) is 4.29. The second-order valence-corrected chi connectivity index (χ2v) is 6.16. The zero-order valence-electron chi connectivity index (χ0n) is 8.08. The average Bonchev–Trinajstić information content (AvgIpc) is 2.55. The Morgan fingerprint density at radius 1 is 1.67 bits per heavy atom. The first-order valence-corrected chi connectivity index (χ1v) is 6.88. The van der Waals surface area contributed by atoms with Gasteiger partial charge in [-0.1, -0.05) is 6.92 Å². The molecule has 0 aliphatic rings. The van der Waals surface area contributed by atoms with E-state index in [1.165, 1.54) is 23.0 Å². The highest BCUT2D eigenvalue weighted by atomic mass is 32.2. The monoisotopic (exact) mass is 249 g/mol. The minimum Gasteiger partial charge on any atom is -0.480 e. The molecule has 0 saturated heterocycles. The lowest BCUT2D eigenvalue weighted by Crippen LogP contribution is -2.30. The standard InChI is InChI=1S/C8H11NO4S2/c1-2-7(8(10)11)15(12,13)4-6-3-9-5-14-6/h3,5,7H,2,4H2,1H3,(H,10,11). The second kappa shape index (κ2) is 4.71. The number of aromatic nitrogens is 1. The van der Waals surface area contributed by atoms with Gasteiger partial charge < -0.3 is 5.11 Å². The van der Waals surface area contributed by atoms with Crippen LogP contribution in [-0.2, 0) is 20.4 Å². The minimum absolute atomic E-state index is 0.0798. The highest BCUT2D eigenvalue weighted by Crippen LogP contribution is 2.16. The van der Waals surface area contributed by atoms with Crippen LogP contribution in [0, 0.1) is 0 Å². The van der Waals surface area contributed by atoms with E-state index in [-0.39, 0.29) is 12.2 Å². The Hall–Kier alpha value is -0.950. The van der Waals surface area contributed by atoms with Gasteiger partial charge >= 0.3 is 5.97 Å². The molecule has 0 aliphatic carbocycles. The summed E-state index contributed by atoms with van der Waals surface area (Å²) in [6.45, 7) is 1.54. The number of nitrogens with zero attached hydrogens (tertiary/aromatic N) is 1. The molecular weight excluding hydrogens is 238 g/mol. The van der Waals surface area contributed by atoms with Crippen molar-refractivity contribution in [2.24, 2.45) is 0 Å². The van der Waals surface area contributed by atoms with Crippen molar-refractivity contribution >= 4 is 27.1 Å². The Labute approximate surface area is 91.7 Å². The molecule has 0 saturated carbocycles. The second-order valence-electron chi connectivity index (χ2n) is 3.01. The van der Waals surface area contributed by atoms with Gasteiger partial charge in [-0.05, 0) is 6.42 Å². The molecule has 1 heterocycles. The van der Waals surface area contributed by atoms with Crippen molar-refractivity contribution in [2.45, 2.75) is 24.3 Å². The molecule has 84 valence electrons. The van der Waals surface area contributed by atoms with Crippen LogP contribution in [0.4, 0.5) is 0 Å². The highest BCUT2D eigenvalue weighted by Gasteiger charge is 2.30. The smallest absolute Gasteiger partial charge is 0.321 e. The summed E-state index contributed by atoms with van der Waals surface area (Å²) in [6, 6.07) is 0. The number of thiazole rings is 1. The van der Waals surface area contributed by atoms with Crippen molar-refractivity contribution in [2.75, 3.05) is 0 Å². The molecule has 0 amide bonds. The summed E-state index contributed by atoms with van der Waals surface area (Å²) in [5.74, 6) is -1.54. The van der Waals surface area contributed by atoms with E-state index >= 15 is 0 Å². The van der Waals surface area contributed by atoms with E-state index in [1.807, 2.05) is 0 Å². The van der Waals surface area contributed by atoms with Crippen LogP contribution in [0.3, 0.4) is 0 Å². The summed E-state index contributed by atoms with van der Waals surface area (Å²) < 4.78 is 23.3. The molecule has 1 aromatic rings. The zero-order chi connectivity index (χ0) is 11.5. The van der Waals surface area contributed by atoms with Gasteiger partial charge in [0, 0.05) is 11.1 Å². The predicted molar refractivity (Wildman–Crippen MR) is 56.5 cm³/mol. The zero-order valence-corrected chi connectivity index (χ0v) is 9.71. The average molecular weight is 249 g/mol. The highest BCUT2D eigenvalue weighted by molar-refractivity contribution is 7.92. The van der Waals surface area contributed by atoms with Crippen molar-refractivity contribution in [1.82, 2.24) is 4.98 Å². The van der Waals surface area contributed by atoms with Crippen LogP contribution in [-0.4, -0.2) is 29.7 Å². The quantitative estimate of drug-likeness (QED) is 0.838. The van der Waals surface area contributed by atoms with Gasteiger partial charge in [-0.25, -0.2) is 8.42 Å². The molecule has 0 fully saturated rings. The number of hydrogen-bond acceptors (Lipinski definition) is 5. The van der Waals surface area contributed by atoms with Crippen LogP contribution in [0.25, 0.3) is 0 Å². The molecule has 0 spiro atoms. The number of hydrogen-bond donors (Lipinski definition) is 1. The van der Waals surface area contributed by atoms with E-state index in [2.05, 4.69) is 4.98 Å². The first-order chi connectivity index (χ1) is 6.97. The van der Waals surface area contributed by atoms with E-state index < -0.39 is 21.1 Å². The van der Waals surface area contributed by atoms with Gasteiger partial charge in [-0.15, -0.1) is 11.3 Å². The molecule has 7 heteroatoms. The molecule has 15 heavy (non-hydrogen) atoms. The summed E-state index contributed by atoms with van der Waals surface area (Å²) in [6.07, 6.45) is 1.52. The van der Waals surface area contributed by atoms with Crippen molar-refractivity contribution in [3.8, 4) is 0 Å². The van der Waals surface area contributed by atoms with Gasteiger partial charge in [0.25, 0.3) is 0 Å². The molecular formula is C8H11NO4S2. The Kier molecular flexibility index (Phi) is 3.81. The van der Waals surface area contributed by atoms with Crippen LogP contribution in [0.2, 0.25) is 0 Å². The third kappa shape index (κ3) is 3.00. The van der Waals surface area contributed by atoms with Crippen LogP contribution in [0.15, 0.2) is 11.7 Å². The maximum atomic E-state index is 11.7. The molecule has 0 radical (unpaired) electrons. The molecule has 5 nitrogen and oxygen atoms in total. The van der Waals surface area contributed by atoms with Crippen molar-refractivity contribution in [3.05, 3.63) is 16.6 Å². The van der Waals surface area contributed by atoms with Gasteiger partial charge in [0.05, 0.1) is 11.3 Å². The Balaban J connectivity index is 2.87. The van der Waals surface area contributed by atoms with Gasteiger partial charge in [0.15, 0.2) is 15.1 Å². The summed E-state index contributed by atoms with van der Waals surface area (Å²) in [7, 11) is -3.62. The van der Waals surface area contributed by atoms with Crippen LogP contribution in [0.1, 0.15) is 18.2 Å². The van der Waals surface area contributed by atoms with Gasteiger partial charge in [0.1, 0.15) is 0 Å². The molecule has 1 N–H and O–H groups in total. The minimum atomic E-state index is -3.62. The molecule has 0 aromatic carbocycles. The van der Waals surface area contributed by atoms with E-state index in [0.717, 1.165) is 0 Å². The molecule has 1 aromatic heterocycles. The Morgan fingerprint density at radius 3 is 2.73 bits per heavy atom. The summed E-state index contributed by atoms with van der Waals surface area (Å²) in [4.78, 5) is 15.0. The fourth-order valence-corrected chi connectivity index (χ4v) is 3.83. The molecule has 0 aliphatic heterocycles. The van der Waals surface area contributed by atoms with E-state index in [9.17, 15) is 13.2 Å². The lowest BCUT2D eigenvalue weighted by molar-refractivity contribution is -0.136. The topological polar surface area (TPSA) is 84.3 Å². The number of rotatable bonds is 5. The normalized spacial score (nSPS) is 13.7. The largest absolute Gasteiger partial charge is 0.480 e. The number of carboxylic acid groups (broad SMARTS) is 1. The van der Waals surface area contributed by atoms with Gasteiger partial charge in [0.2, 0.25) is 0 Å². The predicted octanol–water partition coefficient (Wildman–Crippen LogP) is 0.921. The summed E-state index contributed by atoms with van der Waals surface area (Å²) in [5, 5.41) is 7.43.